The van der Waals surface area contributed by atoms with Crippen molar-refractivity contribution in [3.63, 3.8) is 0 Å². The molecule has 0 atom stereocenters. The minimum absolute atomic E-state index is 0.0468. The normalized spacial score (nSPS) is 13.1. The number of nitrogens with two attached hydrogens (primary N) is 1. The molecule has 18 heavy (non-hydrogen) atoms. The van der Waals surface area contributed by atoms with E-state index in [1.807, 2.05) is 44.4 Å². The molecule has 0 aliphatic carbocycles. The van der Waals surface area contributed by atoms with Crippen molar-refractivity contribution in [2.45, 2.75) is 27.7 Å². The van der Waals surface area contributed by atoms with Gasteiger partial charge >= 0.3 is 0 Å². The fourth-order valence-electron chi connectivity index (χ4n) is 1.75. The smallest absolute Gasteiger partial charge is 0.0549 e. The average molecular weight is 245 g/mol. The van der Waals surface area contributed by atoms with Crippen LogP contribution in [0.1, 0.15) is 33.3 Å². The van der Waals surface area contributed by atoms with Crippen molar-refractivity contribution in [1.29, 1.82) is 0 Å². The van der Waals surface area contributed by atoms with Crippen molar-refractivity contribution in [2.24, 2.45) is 10.4 Å². The molecule has 3 heteroatoms. The van der Waals surface area contributed by atoms with E-state index in [2.05, 4.69) is 31.1 Å². The maximum absolute atomic E-state index is 6.12. The first-order valence-electron chi connectivity index (χ1n) is 6.17. The first-order chi connectivity index (χ1) is 8.40. The number of aliphatic imine (C=N–C) groups is 1. The molecule has 0 amide bonds. The van der Waals surface area contributed by atoms with E-state index in [0.29, 0.717) is 0 Å². The highest BCUT2D eigenvalue weighted by Gasteiger charge is 2.22. The van der Waals surface area contributed by atoms with E-state index < -0.39 is 0 Å². The van der Waals surface area contributed by atoms with Crippen LogP contribution in [-0.2, 0) is 0 Å². The second kappa shape index (κ2) is 5.71. The summed E-state index contributed by atoms with van der Waals surface area (Å²) < 4.78 is 0. The predicted molar refractivity (Wildman–Crippen MR) is 81.2 cm³/mol. The van der Waals surface area contributed by atoms with Gasteiger partial charge in [-0.15, -0.1) is 0 Å². The maximum atomic E-state index is 6.12. The van der Waals surface area contributed by atoms with Crippen molar-refractivity contribution in [3.05, 3.63) is 36.0 Å². The molecule has 1 aromatic carbocycles. The first kappa shape index (κ1) is 14.3. The van der Waals surface area contributed by atoms with Crippen LogP contribution in [0.3, 0.4) is 0 Å². The summed E-state index contributed by atoms with van der Waals surface area (Å²) in [5.74, 6) is 0. The Labute approximate surface area is 110 Å². The van der Waals surface area contributed by atoms with E-state index in [0.717, 1.165) is 22.6 Å². The SMILES string of the molecule is C/C=C\N=C(c1ccc(NC)cc1N)C(C)(C)C. The van der Waals surface area contributed by atoms with E-state index in [9.17, 15) is 0 Å². The molecule has 0 bridgehead atoms. The molecule has 0 unspecified atom stereocenters. The second-order valence-corrected chi connectivity index (χ2v) is 5.26. The molecule has 0 fully saturated rings. The van der Waals surface area contributed by atoms with Crippen molar-refractivity contribution in [1.82, 2.24) is 0 Å². The van der Waals surface area contributed by atoms with Crippen LogP contribution >= 0.6 is 0 Å². The fourth-order valence-corrected chi connectivity index (χ4v) is 1.75. The summed E-state index contributed by atoms with van der Waals surface area (Å²) in [6.45, 7) is 8.37. The van der Waals surface area contributed by atoms with Crippen molar-refractivity contribution in [3.8, 4) is 0 Å². The topological polar surface area (TPSA) is 50.4 Å². The van der Waals surface area contributed by atoms with E-state index in [1.165, 1.54) is 0 Å². The molecule has 0 heterocycles. The molecule has 0 saturated carbocycles. The molecule has 98 valence electrons. The lowest BCUT2D eigenvalue weighted by Gasteiger charge is -2.23. The summed E-state index contributed by atoms with van der Waals surface area (Å²) in [5.41, 5.74) is 9.83. The van der Waals surface area contributed by atoms with Crippen LogP contribution < -0.4 is 11.1 Å². The average Bonchev–Trinajstić information content (AvgIpc) is 2.29. The monoisotopic (exact) mass is 245 g/mol. The van der Waals surface area contributed by atoms with E-state index in [-0.39, 0.29) is 5.41 Å². The molecular weight excluding hydrogens is 222 g/mol. The summed E-state index contributed by atoms with van der Waals surface area (Å²) >= 11 is 0. The van der Waals surface area contributed by atoms with Gasteiger partial charge in [0.05, 0.1) is 5.71 Å². The summed E-state index contributed by atoms with van der Waals surface area (Å²) in [7, 11) is 1.88. The number of nitrogens with one attached hydrogen (secondary N) is 1. The Balaban J connectivity index is 3.31. The van der Waals surface area contributed by atoms with Gasteiger partial charge in [0, 0.05) is 35.6 Å². The third-order valence-electron chi connectivity index (χ3n) is 2.66. The van der Waals surface area contributed by atoms with Crippen LogP contribution in [0.15, 0.2) is 35.5 Å². The summed E-state index contributed by atoms with van der Waals surface area (Å²) in [5, 5.41) is 3.08. The Morgan fingerprint density at radius 3 is 2.44 bits per heavy atom. The molecule has 3 nitrogen and oxygen atoms in total. The number of hydrogen-bond donors (Lipinski definition) is 2. The third-order valence-corrected chi connectivity index (χ3v) is 2.66. The molecule has 0 radical (unpaired) electrons. The lowest BCUT2D eigenvalue weighted by atomic mass is 9.84. The van der Waals surface area contributed by atoms with Gasteiger partial charge in [-0.1, -0.05) is 26.8 Å². The minimum Gasteiger partial charge on any atom is -0.398 e. The molecule has 3 N–H and O–H groups in total. The zero-order chi connectivity index (χ0) is 13.8. The number of nitrogens with zero attached hydrogens (tertiary/aromatic N) is 1. The molecule has 0 aromatic heterocycles. The summed E-state index contributed by atoms with van der Waals surface area (Å²) in [6, 6.07) is 5.98. The van der Waals surface area contributed by atoms with Crippen LogP contribution in [0.2, 0.25) is 0 Å². The van der Waals surface area contributed by atoms with Gasteiger partial charge in [-0.25, -0.2) is 0 Å². The van der Waals surface area contributed by atoms with Gasteiger partial charge in [-0.3, -0.25) is 4.99 Å². The Bertz CT molecular complexity index is 465. The minimum atomic E-state index is -0.0468. The van der Waals surface area contributed by atoms with Gasteiger partial charge in [0.2, 0.25) is 0 Å². The van der Waals surface area contributed by atoms with Gasteiger partial charge in [0.25, 0.3) is 0 Å². The molecule has 0 aliphatic heterocycles. The molecule has 0 spiro atoms. The van der Waals surface area contributed by atoms with Gasteiger partial charge in [-0.2, -0.15) is 0 Å². The van der Waals surface area contributed by atoms with Crippen molar-refractivity contribution >= 4 is 17.1 Å². The van der Waals surface area contributed by atoms with Gasteiger partial charge in [0.15, 0.2) is 0 Å². The zero-order valence-electron chi connectivity index (χ0n) is 11.9. The highest BCUT2D eigenvalue weighted by molar-refractivity contribution is 6.08. The Hall–Kier alpha value is -1.77. The lowest BCUT2D eigenvalue weighted by Crippen LogP contribution is -2.22. The van der Waals surface area contributed by atoms with Crippen LogP contribution in [0.4, 0.5) is 11.4 Å². The summed E-state index contributed by atoms with van der Waals surface area (Å²) in [6.07, 6.45) is 3.73. The van der Waals surface area contributed by atoms with Crippen molar-refractivity contribution < 1.29 is 0 Å². The Morgan fingerprint density at radius 2 is 2.00 bits per heavy atom. The van der Waals surface area contributed by atoms with E-state index >= 15 is 0 Å². The Morgan fingerprint density at radius 1 is 1.33 bits per heavy atom. The first-order valence-corrected chi connectivity index (χ1v) is 6.17. The van der Waals surface area contributed by atoms with E-state index in [4.69, 9.17) is 5.73 Å². The van der Waals surface area contributed by atoms with Crippen LogP contribution in [0, 0.1) is 5.41 Å². The number of allylic oxidation sites excluding steroid dienone is 1. The highest BCUT2D eigenvalue weighted by atomic mass is 14.8. The predicted octanol–water partition coefficient (Wildman–Crippen LogP) is 3.68. The lowest BCUT2D eigenvalue weighted by molar-refractivity contribution is 0.592. The quantitative estimate of drug-likeness (QED) is 0.630. The number of hydrogen-bond acceptors (Lipinski definition) is 3. The largest absolute Gasteiger partial charge is 0.398 e. The molecular formula is C15H23N3. The highest BCUT2D eigenvalue weighted by Crippen LogP contribution is 2.27. The second-order valence-electron chi connectivity index (χ2n) is 5.26. The number of nitrogen functional groups attached to an aromatic ring is 1. The third kappa shape index (κ3) is 3.36. The van der Waals surface area contributed by atoms with Gasteiger partial charge < -0.3 is 11.1 Å². The van der Waals surface area contributed by atoms with Crippen LogP contribution in [0.25, 0.3) is 0 Å². The molecule has 0 aliphatic rings. The maximum Gasteiger partial charge on any atom is 0.0549 e. The zero-order valence-corrected chi connectivity index (χ0v) is 11.9. The fraction of sp³-hybridized carbons (Fsp3) is 0.400. The van der Waals surface area contributed by atoms with Crippen molar-refractivity contribution in [2.75, 3.05) is 18.1 Å². The van der Waals surface area contributed by atoms with Crippen LogP contribution in [-0.4, -0.2) is 12.8 Å². The van der Waals surface area contributed by atoms with Gasteiger partial charge in [-0.05, 0) is 25.1 Å². The standard InChI is InChI=1S/C15H23N3/c1-6-9-18-14(15(2,3)4)12-8-7-11(17-5)10-13(12)16/h6-10,17H,16H2,1-5H3/b9-6-,18-14?. The molecule has 1 rings (SSSR count). The number of benzene rings is 1. The van der Waals surface area contributed by atoms with E-state index in [1.54, 1.807) is 0 Å². The Kier molecular flexibility index (Phi) is 4.54. The number of anilines is 2. The summed E-state index contributed by atoms with van der Waals surface area (Å²) in [4.78, 5) is 4.54. The molecule has 0 saturated heterocycles. The number of rotatable bonds is 3. The van der Waals surface area contributed by atoms with Crippen LogP contribution in [0.5, 0.6) is 0 Å². The molecule has 1 aromatic rings. The van der Waals surface area contributed by atoms with Gasteiger partial charge in [0.1, 0.15) is 0 Å².